The highest BCUT2D eigenvalue weighted by Gasteiger charge is 2.29. The molecule has 1 amide bonds. The summed E-state index contributed by atoms with van der Waals surface area (Å²) in [6.07, 6.45) is 7.88. The number of fused-ring (bicyclic) bond motifs is 1. The molecule has 1 saturated heterocycles. The Hall–Kier alpha value is -2.90. The maximum atomic E-state index is 12.8. The minimum absolute atomic E-state index is 0.0231. The van der Waals surface area contributed by atoms with Gasteiger partial charge in [0, 0.05) is 36.8 Å². The number of aryl methyl sites for hydroxylation is 1. The number of aromatic amines is 1. The number of rotatable bonds is 3. The topological polar surface area (TPSA) is 88.3 Å². The highest BCUT2D eigenvalue weighted by atomic mass is 16.2. The summed E-state index contributed by atoms with van der Waals surface area (Å²) in [5, 5.41) is 2.97. The lowest BCUT2D eigenvalue weighted by molar-refractivity contribution is -0.135. The third-order valence-electron chi connectivity index (χ3n) is 4.64. The molecule has 1 N–H and O–H groups in total. The smallest absolute Gasteiger partial charge is 0.272 e. The number of aromatic nitrogens is 5. The summed E-state index contributed by atoms with van der Waals surface area (Å²) in [4.78, 5) is 35.6. The van der Waals surface area contributed by atoms with E-state index in [9.17, 15) is 9.59 Å². The van der Waals surface area contributed by atoms with Crippen LogP contribution in [-0.2, 0) is 11.3 Å². The van der Waals surface area contributed by atoms with Gasteiger partial charge in [-0.3, -0.25) is 14.7 Å². The van der Waals surface area contributed by atoms with Gasteiger partial charge in [-0.25, -0.2) is 14.5 Å². The second-order valence-electron chi connectivity index (χ2n) is 6.49. The zero-order valence-corrected chi connectivity index (χ0v) is 14.1. The normalized spacial score (nSPS) is 18.0. The molecule has 4 heterocycles. The SMILES string of the molecule is Cc1cc2nc(C3CCCCN3C(=O)Cn3ccnc3)cc(=O)n2[nH]1. The van der Waals surface area contributed by atoms with Crippen molar-refractivity contribution < 1.29 is 4.79 Å². The highest BCUT2D eigenvalue weighted by Crippen LogP contribution is 2.29. The van der Waals surface area contributed by atoms with Crippen LogP contribution in [0.2, 0.25) is 0 Å². The van der Waals surface area contributed by atoms with Crippen molar-refractivity contribution in [2.75, 3.05) is 6.54 Å². The molecule has 8 heteroatoms. The Morgan fingerprint density at radius 1 is 1.36 bits per heavy atom. The first-order chi connectivity index (χ1) is 12.1. The first-order valence-electron chi connectivity index (χ1n) is 8.46. The lowest BCUT2D eigenvalue weighted by Crippen LogP contribution is -2.41. The van der Waals surface area contributed by atoms with E-state index in [1.165, 1.54) is 10.6 Å². The van der Waals surface area contributed by atoms with Crippen LogP contribution in [0.15, 0.2) is 35.6 Å². The number of likely N-dealkylation sites (tertiary alicyclic amines) is 1. The number of amides is 1. The van der Waals surface area contributed by atoms with E-state index >= 15 is 0 Å². The van der Waals surface area contributed by atoms with Gasteiger partial charge in [0.1, 0.15) is 6.54 Å². The first kappa shape index (κ1) is 15.6. The third-order valence-corrected chi connectivity index (χ3v) is 4.64. The lowest BCUT2D eigenvalue weighted by atomic mass is 9.99. The van der Waals surface area contributed by atoms with Crippen LogP contribution in [-0.4, -0.2) is 41.5 Å². The molecule has 1 aliphatic heterocycles. The van der Waals surface area contributed by atoms with Crippen molar-refractivity contribution in [1.82, 2.24) is 29.0 Å². The van der Waals surface area contributed by atoms with E-state index in [4.69, 9.17) is 0 Å². The van der Waals surface area contributed by atoms with Crippen LogP contribution in [0.25, 0.3) is 5.65 Å². The van der Waals surface area contributed by atoms with E-state index < -0.39 is 0 Å². The Morgan fingerprint density at radius 2 is 2.24 bits per heavy atom. The molecule has 3 aromatic heterocycles. The summed E-state index contributed by atoms with van der Waals surface area (Å²) >= 11 is 0. The summed E-state index contributed by atoms with van der Waals surface area (Å²) in [6, 6.07) is 3.22. The van der Waals surface area contributed by atoms with Crippen LogP contribution in [0, 0.1) is 6.92 Å². The summed E-state index contributed by atoms with van der Waals surface area (Å²) in [5.74, 6) is 0.0231. The molecular formula is C17H20N6O2. The zero-order valence-electron chi connectivity index (χ0n) is 14.1. The quantitative estimate of drug-likeness (QED) is 0.778. The van der Waals surface area contributed by atoms with Gasteiger partial charge in [0.25, 0.3) is 5.56 Å². The number of hydrogen-bond acceptors (Lipinski definition) is 4. The molecule has 25 heavy (non-hydrogen) atoms. The fraction of sp³-hybridized carbons (Fsp3) is 0.412. The van der Waals surface area contributed by atoms with Crippen molar-refractivity contribution in [3.8, 4) is 0 Å². The number of piperidine rings is 1. The molecule has 0 spiro atoms. The van der Waals surface area contributed by atoms with Crippen molar-refractivity contribution in [3.05, 3.63) is 52.6 Å². The number of nitrogens with one attached hydrogen (secondary N) is 1. The molecule has 0 aromatic carbocycles. The predicted octanol–water partition coefficient (Wildman–Crippen LogP) is 1.28. The molecule has 1 unspecified atom stereocenters. The van der Waals surface area contributed by atoms with Gasteiger partial charge in [-0.15, -0.1) is 0 Å². The zero-order chi connectivity index (χ0) is 17.4. The molecular weight excluding hydrogens is 320 g/mol. The Balaban J connectivity index is 1.66. The largest absolute Gasteiger partial charge is 0.333 e. The van der Waals surface area contributed by atoms with E-state index in [2.05, 4.69) is 15.1 Å². The number of imidazole rings is 1. The summed E-state index contributed by atoms with van der Waals surface area (Å²) < 4.78 is 3.19. The van der Waals surface area contributed by atoms with Gasteiger partial charge in [-0.1, -0.05) is 0 Å². The second kappa shape index (κ2) is 6.19. The number of carbonyl (C=O) groups excluding carboxylic acids is 1. The second-order valence-corrected chi connectivity index (χ2v) is 6.49. The molecule has 8 nitrogen and oxygen atoms in total. The number of hydrogen-bond donors (Lipinski definition) is 1. The Labute approximate surface area is 144 Å². The van der Waals surface area contributed by atoms with Gasteiger partial charge in [0.15, 0.2) is 5.65 Å². The van der Waals surface area contributed by atoms with Gasteiger partial charge in [-0.2, -0.15) is 0 Å². The van der Waals surface area contributed by atoms with Crippen LogP contribution in [0.4, 0.5) is 0 Å². The van der Waals surface area contributed by atoms with E-state index in [0.717, 1.165) is 25.0 Å². The van der Waals surface area contributed by atoms with Gasteiger partial charge in [0.05, 0.1) is 18.1 Å². The molecule has 3 aromatic rings. The van der Waals surface area contributed by atoms with Gasteiger partial charge >= 0.3 is 0 Å². The molecule has 130 valence electrons. The van der Waals surface area contributed by atoms with E-state index in [-0.39, 0.29) is 24.1 Å². The standard InChI is InChI=1S/C17H20N6O2/c1-12-8-15-19-13(9-16(24)23(15)20-12)14-4-2-3-6-22(14)17(25)10-21-7-5-18-11-21/h5,7-9,11,14,20H,2-4,6,10H2,1H3. The van der Waals surface area contributed by atoms with Crippen LogP contribution < -0.4 is 5.56 Å². The Kier molecular flexibility index (Phi) is 3.87. The van der Waals surface area contributed by atoms with Gasteiger partial charge < -0.3 is 9.47 Å². The predicted molar refractivity (Wildman–Crippen MR) is 91.1 cm³/mol. The molecule has 0 saturated carbocycles. The van der Waals surface area contributed by atoms with E-state index in [0.29, 0.717) is 17.9 Å². The van der Waals surface area contributed by atoms with Crippen LogP contribution in [0.1, 0.15) is 36.7 Å². The molecule has 1 aliphatic rings. The average Bonchev–Trinajstić information content (AvgIpc) is 3.23. The molecule has 0 aliphatic carbocycles. The van der Waals surface area contributed by atoms with Crippen molar-refractivity contribution in [2.24, 2.45) is 0 Å². The van der Waals surface area contributed by atoms with Crippen molar-refractivity contribution in [2.45, 2.75) is 38.8 Å². The van der Waals surface area contributed by atoms with Crippen molar-refractivity contribution >= 4 is 11.6 Å². The lowest BCUT2D eigenvalue weighted by Gasteiger charge is -2.35. The average molecular weight is 340 g/mol. The third kappa shape index (κ3) is 2.95. The summed E-state index contributed by atoms with van der Waals surface area (Å²) in [5.41, 5.74) is 1.98. The molecule has 1 fully saturated rings. The fourth-order valence-electron chi connectivity index (χ4n) is 3.47. The summed E-state index contributed by atoms with van der Waals surface area (Å²) in [6.45, 7) is 2.82. The molecule has 4 rings (SSSR count). The highest BCUT2D eigenvalue weighted by molar-refractivity contribution is 5.76. The molecule has 1 atom stereocenters. The van der Waals surface area contributed by atoms with E-state index in [1.54, 1.807) is 23.3 Å². The van der Waals surface area contributed by atoms with Gasteiger partial charge in [0.2, 0.25) is 5.91 Å². The van der Waals surface area contributed by atoms with Crippen LogP contribution >= 0.6 is 0 Å². The maximum Gasteiger partial charge on any atom is 0.272 e. The number of carbonyl (C=O) groups is 1. The minimum atomic E-state index is -0.155. The van der Waals surface area contributed by atoms with E-state index in [1.807, 2.05) is 17.9 Å². The Morgan fingerprint density at radius 3 is 3.04 bits per heavy atom. The van der Waals surface area contributed by atoms with Gasteiger partial charge in [-0.05, 0) is 26.2 Å². The minimum Gasteiger partial charge on any atom is -0.333 e. The maximum absolute atomic E-state index is 12.8. The fourth-order valence-corrected chi connectivity index (χ4v) is 3.47. The first-order valence-corrected chi connectivity index (χ1v) is 8.46. The Bertz CT molecular complexity index is 955. The van der Waals surface area contributed by atoms with Crippen LogP contribution in [0.5, 0.6) is 0 Å². The number of H-pyrrole nitrogens is 1. The number of nitrogens with zero attached hydrogens (tertiary/aromatic N) is 5. The van der Waals surface area contributed by atoms with Crippen LogP contribution in [0.3, 0.4) is 0 Å². The molecule has 0 bridgehead atoms. The van der Waals surface area contributed by atoms with Crippen molar-refractivity contribution in [1.29, 1.82) is 0 Å². The summed E-state index contributed by atoms with van der Waals surface area (Å²) in [7, 11) is 0. The molecule has 0 radical (unpaired) electrons. The monoisotopic (exact) mass is 340 g/mol. The van der Waals surface area contributed by atoms with Crippen molar-refractivity contribution in [3.63, 3.8) is 0 Å².